The number of nitrogens with one attached hydrogen (secondary N) is 2. The maximum Gasteiger partial charge on any atom is 0.261 e. The van der Waals surface area contributed by atoms with E-state index in [1.165, 1.54) is 18.2 Å². The van der Waals surface area contributed by atoms with Gasteiger partial charge in [0.05, 0.1) is 22.1 Å². The number of hydrogen-bond acceptors (Lipinski definition) is 6. The van der Waals surface area contributed by atoms with E-state index in [0.29, 0.717) is 35.9 Å². The quantitative estimate of drug-likeness (QED) is 0.364. The van der Waals surface area contributed by atoms with E-state index in [9.17, 15) is 13.2 Å². The molecule has 34 heavy (non-hydrogen) atoms. The van der Waals surface area contributed by atoms with Crippen LogP contribution in [0.3, 0.4) is 0 Å². The highest BCUT2D eigenvalue weighted by molar-refractivity contribution is 7.92. The maximum atomic E-state index is 12.9. The SMILES string of the molecule is CCOc1ccc(NS(=O)(=O)c2ccc(Cl)c(C(=O)NCCc3nnc4ccccn34)c2)cc1. The fourth-order valence-electron chi connectivity index (χ4n) is 3.29. The largest absolute Gasteiger partial charge is 0.494 e. The molecule has 0 spiro atoms. The number of carbonyl (C=O) groups is 1. The van der Waals surface area contributed by atoms with Gasteiger partial charge in [0.1, 0.15) is 11.6 Å². The molecule has 0 fully saturated rings. The van der Waals surface area contributed by atoms with E-state index in [-0.39, 0.29) is 22.0 Å². The molecule has 9 nitrogen and oxygen atoms in total. The maximum absolute atomic E-state index is 12.9. The second-order valence-corrected chi connectivity index (χ2v) is 9.35. The normalized spacial score (nSPS) is 11.4. The smallest absolute Gasteiger partial charge is 0.261 e. The molecule has 2 heterocycles. The van der Waals surface area contributed by atoms with Gasteiger partial charge in [0.2, 0.25) is 0 Å². The van der Waals surface area contributed by atoms with Crippen LogP contribution in [0.4, 0.5) is 5.69 Å². The van der Waals surface area contributed by atoms with Gasteiger partial charge in [-0.25, -0.2) is 8.42 Å². The van der Waals surface area contributed by atoms with E-state index in [4.69, 9.17) is 16.3 Å². The lowest BCUT2D eigenvalue weighted by Gasteiger charge is -2.11. The third-order valence-corrected chi connectivity index (χ3v) is 6.64. The number of aromatic nitrogens is 3. The van der Waals surface area contributed by atoms with E-state index in [1.807, 2.05) is 35.7 Å². The summed E-state index contributed by atoms with van der Waals surface area (Å²) in [7, 11) is -3.94. The van der Waals surface area contributed by atoms with Gasteiger partial charge in [-0.2, -0.15) is 0 Å². The Morgan fingerprint density at radius 2 is 1.88 bits per heavy atom. The number of nitrogens with zero attached hydrogens (tertiary/aromatic N) is 3. The fraction of sp³-hybridized carbons (Fsp3) is 0.174. The minimum atomic E-state index is -3.94. The van der Waals surface area contributed by atoms with Gasteiger partial charge in [-0.15, -0.1) is 10.2 Å². The van der Waals surface area contributed by atoms with Crippen LogP contribution in [-0.2, 0) is 16.4 Å². The van der Waals surface area contributed by atoms with Crippen molar-refractivity contribution < 1.29 is 17.9 Å². The summed E-state index contributed by atoms with van der Waals surface area (Å²) in [6.45, 7) is 2.64. The predicted octanol–water partition coefficient (Wildman–Crippen LogP) is 3.55. The van der Waals surface area contributed by atoms with E-state index in [1.54, 1.807) is 24.3 Å². The molecule has 0 aliphatic carbocycles. The van der Waals surface area contributed by atoms with Crippen molar-refractivity contribution in [3.8, 4) is 5.75 Å². The molecule has 0 bridgehead atoms. The molecular weight excluding hydrogens is 478 g/mol. The van der Waals surface area contributed by atoms with Crippen LogP contribution in [0.25, 0.3) is 5.65 Å². The van der Waals surface area contributed by atoms with Crippen LogP contribution in [0, 0.1) is 0 Å². The van der Waals surface area contributed by atoms with Crippen LogP contribution < -0.4 is 14.8 Å². The number of sulfonamides is 1. The van der Waals surface area contributed by atoms with E-state index < -0.39 is 15.9 Å². The lowest BCUT2D eigenvalue weighted by atomic mass is 10.2. The summed E-state index contributed by atoms with van der Waals surface area (Å²) in [4.78, 5) is 12.6. The second kappa shape index (κ2) is 10.1. The number of ether oxygens (including phenoxy) is 1. The Labute approximate surface area is 201 Å². The van der Waals surface area contributed by atoms with Crippen molar-refractivity contribution in [2.75, 3.05) is 17.9 Å². The topological polar surface area (TPSA) is 115 Å². The van der Waals surface area contributed by atoms with Gasteiger partial charge < -0.3 is 10.1 Å². The number of halogens is 1. The molecule has 0 atom stereocenters. The van der Waals surface area contributed by atoms with E-state index in [2.05, 4.69) is 20.2 Å². The highest BCUT2D eigenvalue weighted by Gasteiger charge is 2.19. The van der Waals surface area contributed by atoms with Crippen molar-refractivity contribution in [2.45, 2.75) is 18.2 Å². The molecule has 0 aliphatic heterocycles. The third-order valence-electron chi connectivity index (χ3n) is 4.93. The summed E-state index contributed by atoms with van der Waals surface area (Å²) in [5, 5.41) is 11.1. The zero-order valence-electron chi connectivity index (χ0n) is 18.2. The minimum absolute atomic E-state index is 0.0577. The number of fused-ring (bicyclic) bond motifs is 1. The summed E-state index contributed by atoms with van der Waals surface area (Å²) in [5.41, 5.74) is 1.14. The number of benzene rings is 2. The first-order chi connectivity index (χ1) is 16.4. The first kappa shape index (κ1) is 23.5. The zero-order chi connectivity index (χ0) is 24.1. The molecule has 2 N–H and O–H groups in total. The molecule has 4 rings (SSSR count). The van der Waals surface area contributed by atoms with Gasteiger partial charge in [0.15, 0.2) is 5.65 Å². The summed E-state index contributed by atoms with van der Waals surface area (Å²) in [6, 6.07) is 16.1. The van der Waals surface area contributed by atoms with Crippen molar-refractivity contribution in [3.05, 3.63) is 83.3 Å². The molecule has 11 heteroatoms. The molecule has 0 saturated heterocycles. The van der Waals surface area contributed by atoms with Crippen molar-refractivity contribution in [2.24, 2.45) is 0 Å². The Kier molecular flexibility index (Phi) is 6.99. The van der Waals surface area contributed by atoms with Crippen molar-refractivity contribution in [1.29, 1.82) is 0 Å². The molecular formula is C23H22ClN5O4S. The summed E-state index contributed by atoms with van der Waals surface area (Å²) in [5.74, 6) is 0.838. The molecule has 0 radical (unpaired) electrons. The Morgan fingerprint density at radius 3 is 2.65 bits per heavy atom. The molecule has 4 aromatic rings. The van der Waals surface area contributed by atoms with Crippen molar-refractivity contribution in [1.82, 2.24) is 19.9 Å². The number of rotatable bonds is 9. The molecule has 2 aromatic carbocycles. The summed E-state index contributed by atoms with van der Waals surface area (Å²) in [6.07, 6.45) is 2.28. The van der Waals surface area contributed by atoms with Gasteiger partial charge in [-0.3, -0.25) is 13.9 Å². The lowest BCUT2D eigenvalue weighted by molar-refractivity contribution is 0.0954. The Bertz CT molecular complexity index is 1420. The van der Waals surface area contributed by atoms with Gasteiger partial charge >= 0.3 is 0 Å². The first-order valence-corrected chi connectivity index (χ1v) is 12.4. The van der Waals surface area contributed by atoms with Crippen LogP contribution in [0.1, 0.15) is 23.1 Å². The molecule has 0 unspecified atom stereocenters. The Hall–Kier alpha value is -3.63. The average Bonchev–Trinajstić information content (AvgIpc) is 3.23. The monoisotopic (exact) mass is 499 g/mol. The van der Waals surface area contributed by atoms with Crippen LogP contribution >= 0.6 is 11.6 Å². The van der Waals surface area contributed by atoms with Crippen LogP contribution in [0.2, 0.25) is 5.02 Å². The summed E-state index contributed by atoms with van der Waals surface area (Å²) >= 11 is 6.19. The van der Waals surface area contributed by atoms with E-state index >= 15 is 0 Å². The Balaban J connectivity index is 1.44. The van der Waals surface area contributed by atoms with Crippen LogP contribution in [-0.4, -0.2) is 42.1 Å². The lowest BCUT2D eigenvalue weighted by Crippen LogP contribution is -2.27. The van der Waals surface area contributed by atoms with Gasteiger partial charge in [-0.1, -0.05) is 17.7 Å². The number of carbonyl (C=O) groups excluding carboxylic acids is 1. The first-order valence-electron chi connectivity index (χ1n) is 10.5. The Morgan fingerprint density at radius 1 is 1.09 bits per heavy atom. The van der Waals surface area contributed by atoms with Gasteiger partial charge in [-0.05, 0) is 61.5 Å². The molecule has 2 aromatic heterocycles. The standard InChI is InChI=1S/C23H22ClN5O4S/c1-2-33-17-8-6-16(7-9-17)28-34(31,32)18-10-11-20(24)19(15-18)23(30)25-13-12-22-27-26-21-5-3-4-14-29(21)22/h3-11,14-15,28H,2,12-13H2,1H3,(H,25,30). The zero-order valence-corrected chi connectivity index (χ0v) is 19.8. The predicted molar refractivity (Wildman–Crippen MR) is 129 cm³/mol. The second-order valence-electron chi connectivity index (χ2n) is 7.26. The number of amides is 1. The molecule has 0 aliphatic rings. The third kappa shape index (κ3) is 5.29. The van der Waals surface area contributed by atoms with Crippen LogP contribution in [0.5, 0.6) is 5.75 Å². The van der Waals surface area contributed by atoms with Gasteiger partial charge in [0.25, 0.3) is 15.9 Å². The number of anilines is 1. The molecule has 1 amide bonds. The fourth-order valence-corrected chi connectivity index (χ4v) is 4.58. The highest BCUT2D eigenvalue weighted by atomic mass is 35.5. The molecule has 176 valence electrons. The molecule has 0 saturated carbocycles. The minimum Gasteiger partial charge on any atom is -0.494 e. The average molecular weight is 500 g/mol. The van der Waals surface area contributed by atoms with Gasteiger partial charge in [0, 0.05) is 24.8 Å². The number of hydrogen-bond donors (Lipinski definition) is 2. The van der Waals surface area contributed by atoms with E-state index in [0.717, 1.165) is 0 Å². The van der Waals surface area contributed by atoms with Crippen molar-refractivity contribution in [3.63, 3.8) is 0 Å². The number of pyridine rings is 1. The van der Waals surface area contributed by atoms with Crippen molar-refractivity contribution >= 4 is 38.9 Å². The summed E-state index contributed by atoms with van der Waals surface area (Å²) < 4.78 is 35.4. The highest BCUT2D eigenvalue weighted by Crippen LogP contribution is 2.23. The van der Waals surface area contributed by atoms with Crippen LogP contribution in [0.15, 0.2) is 71.8 Å².